The minimum Gasteiger partial charge on any atom is -0.453 e. The number of halogens is 5. The summed E-state index contributed by atoms with van der Waals surface area (Å²) in [4.78, 5) is 0. The van der Waals surface area contributed by atoms with E-state index < -0.39 is 23.5 Å². The lowest BCUT2D eigenvalue weighted by atomic mass is 10.1. The standard InChI is InChI=1S/C11H6BrF4NO2/c1-4-6-2-5(13)3-7(12)9(6)19-8(4)10(17-18)11(14,15)16/h2-3,18H,1H3/b17-10-. The predicted octanol–water partition coefficient (Wildman–Crippen LogP) is 4.38. The van der Waals surface area contributed by atoms with Gasteiger partial charge in [-0.1, -0.05) is 5.16 Å². The van der Waals surface area contributed by atoms with E-state index in [0.717, 1.165) is 12.1 Å². The van der Waals surface area contributed by atoms with Crippen molar-refractivity contribution in [3.8, 4) is 0 Å². The van der Waals surface area contributed by atoms with E-state index in [1.54, 1.807) is 0 Å². The number of fused-ring (bicyclic) bond motifs is 1. The molecule has 102 valence electrons. The van der Waals surface area contributed by atoms with Crippen molar-refractivity contribution in [1.82, 2.24) is 0 Å². The van der Waals surface area contributed by atoms with E-state index in [1.807, 2.05) is 0 Å². The highest BCUT2D eigenvalue weighted by Gasteiger charge is 2.41. The van der Waals surface area contributed by atoms with Crippen molar-refractivity contribution in [3.63, 3.8) is 0 Å². The molecule has 0 unspecified atom stereocenters. The summed E-state index contributed by atoms with van der Waals surface area (Å²) in [6, 6.07) is 2.12. The Hall–Kier alpha value is -1.57. The highest BCUT2D eigenvalue weighted by molar-refractivity contribution is 9.10. The highest BCUT2D eigenvalue weighted by atomic mass is 79.9. The molecule has 0 aliphatic heterocycles. The molecule has 8 heteroatoms. The average Bonchev–Trinajstić information content (AvgIpc) is 2.57. The molecule has 0 spiro atoms. The normalized spacial score (nSPS) is 13.3. The molecule has 0 fully saturated rings. The molecule has 2 aromatic rings. The second-order valence-electron chi connectivity index (χ2n) is 3.77. The van der Waals surface area contributed by atoms with Crippen molar-refractivity contribution in [1.29, 1.82) is 0 Å². The van der Waals surface area contributed by atoms with Crippen LogP contribution in [0.25, 0.3) is 11.0 Å². The molecule has 0 amide bonds. The van der Waals surface area contributed by atoms with Crippen LogP contribution >= 0.6 is 15.9 Å². The average molecular weight is 340 g/mol. The zero-order chi connectivity index (χ0) is 14.4. The van der Waals surface area contributed by atoms with E-state index in [-0.39, 0.29) is 21.0 Å². The fourth-order valence-corrected chi connectivity index (χ4v) is 2.21. The number of nitrogens with zero attached hydrogens (tertiary/aromatic N) is 1. The molecule has 2 rings (SSSR count). The third-order valence-corrected chi connectivity index (χ3v) is 3.13. The van der Waals surface area contributed by atoms with Gasteiger partial charge in [-0.25, -0.2) is 4.39 Å². The summed E-state index contributed by atoms with van der Waals surface area (Å²) in [5.74, 6) is -1.26. The Morgan fingerprint density at radius 3 is 2.53 bits per heavy atom. The molecule has 1 aromatic heterocycles. The third kappa shape index (κ3) is 2.32. The number of oxime groups is 1. The maximum atomic E-state index is 13.2. The van der Waals surface area contributed by atoms with Gasteiger partial charge in [0.2, 0.25) is 5.71 Å². The van der Waals surface area contributed by atoms with E-state index in [0.29, 0.717) is 0 Å². The molecule has 3 nitrogen and oxygen atoms in total. The van der Waals surface area contributed by atoms with Gasteiger partial charge < -0.3 is 9.62 Å². The Balaban J connectivity index is 2.77. The molecule has 0 bridgehead atoms. The lowest BCUT2D eigenvalue weighted by Gasteiger charge is -2.06. The van der Waals surface area contributed by atoms with Crippen molar-refractivity contribution in [3.05, 3.63) is 33.7 Å². The second-order valence-corrected chi connectivity index (χ2v) is 4.62. The van der Waals surface area contributed by atoms with Crippen LogP contribution in [0.3, 0.4) is 0 Å². The van der Waals surface area contributed by atoms with E-state index in [9.17, 15) is 17.6 Å². The number of aryl methyl sites for hydroxylation is 1. The number of hydrogen-bond acceptors (Lipinski definition) is 3. The Morgan fingerprint density at radius 2 is 2.00 bits per heavy atom. The molecule has 1 heterocycles. The fourth-order valence-electron chi connectivity index (χ4n) is 1.70. The molecule has 0 aliphatic rings. The Morgan fingerprint density at radius 1 is 1.37 bits per heavy atom. The van der Waals surface area contributed by atoms with Crippen LogP contribution in [-0.4, -0.2) is 17.1 Å². The van der Waals surface area contributed by atoms with Gasteiger partial charge in [0, 0.05) is 10.9 Å². The minimum atomic E-state index is -4.88. The van der Waals surface area contributed by atoms with Gasteiger partial charge in [-0.15, -0.1) is 0 Å². The van der Waals surface area contributed by atoms with Gasteiger partial charge in [0.1, 0.15) is 11.4 Å². The molecule has 0 aliphatic carbocycles. The molecule has 1 aromatic carbocycles. The van der Waals surface area contributed by atoms with Crippen LogP contribution in [0.15, 0.2) is 26.2 Å². The van der Waals surface area contributed by atoms with E-state index in [2.05, 4.69) is 21.1 Å². The Kier molecular flexibility index (Phi) is 3.29. The van der Waals surface area contributed by atoms with Gasteiger partial charge in [0.05, 0.1) is 4.47 Å². The largest absolute Gasteiger partial charge is 0.453 e. The van der Waals surface area contributed by atoms with Crippen molar-refractivity contribution in [2.45, 2.75) is 13.1 Å². The third-order valence-electron chi connectivity index (χ3n) is 2.54. The monoisotopic (exact) mass is 339 g/mol. The maximum Gasteiger partial charge on any atom is 0.440 e. The van der Waals surface area contributed by atoms with Crippen LogP contribution < -0.4 is 0 Å². The fraction of sp³-hybridized carbons (Fsp3) is 0.182. The Labute approximate surface area is 112 Å². The van der Waals surface area contributed by atoms with Crippen LogP contribution in [-0.2, 0) is 0 Å². The lowest BCUT2D eigenvalue weighted by molar-refractivity contribution is -0.0609. The van der Waals surface area contributed by atoms with Crippen molar-refractivity contribution in [2.24, 2.45) is 5.16 Å². The first kappa shape index (κ1) is 13.9. The first-order valence-corrected chi connectivity index (χ1v) is 5.72. The van der Waals surface area contributed by atoms with Crippen LogP contribution in [0, 0.1) is 12.7 Å². The molecule has 1 N–H and O–H groups in total. The molecular formula is C11H6BrF4NO2. The zero-order valence-corrected chi connectivity index (χ0v) is 10.9. The SMILES string of the molecule is Cc1c(/C(=N/O)C(F)(F)F)oc2c(Br)cc(F)cc12. The summed E-state index contributed by atoms with van der Waals surface area (Å²) in [5.41, 5.74) is -1.46. The van der Waals surface area contributed by atoms with Crippen molar-refractivity contribution >= 4 is 32.6 Å². The van der Waals surface area contributed by atoms with Crippen LogP contribution in [0.2, 0.25) is 0 Å². The maximum absolute atomic E-state index is 13.2. The first-order valence-electron chi connectivity index (χ1n) is 4.93. The smallest absolute Gasteiger partial charge is 0.440 e. The summed E-state index contributed by atoms with van der Waals surface area (Å²) in [7, 11) is 0. The van der Waals surface area contributed by atoms with Gasteiger partial charge >= 0.3 is 6.18 Å². The highest BCUT2D eigenvalue weighted by Crippen LogP contribution is 2.35. The van der Waals surface area contributed by atoms with Gasteiger partial charge in [0.15, 0.2) is 5.76 Å². The molecule has 0 radical (unpaired) electrons. The Bertz CT molecular complexity index is 675. The van der Waals surface area contributed by atoms with E-state index in [1.165, 1.54) is 6.92 Å². The molecule has 0 saturated carbocycles. The topological polar surface area (TPSA) is 45.7 Å². The van der Waals surface area contributed by atoms with Crippen LogP contribution in [0.4, 0.5) is 17.6 Å². The van der Waals surface area contributed by atoms with Crippen molar-refractivity contribution < 1.29 is 27.2 Å². The first-order chi connectivity index (χ1) is 8.75. The van der Waals surface area contributed by atoms with Gasteiger partial charge in [-0.2, -0.15) is 13.2 Å². The zero-order valence-electron chi connectivity index (χ0n) is 9.35. The van der Waals surface area contributed by atoms with E-state index in [4.69, 9.17) is 9.62 Å². The number of benzene rings is 1. The number of rotatable bonds is 1. The predicted molar refractivity (Wildman–Crippen MR) is 63.0 cm³/mol. The molecule has 0 saturated heterocycles. The van der Waals surface area contributed by atoms with Crippen molar-refractivity contribution in [2.75, 3.05) is 0 Å². The molecule has 0 atom stereocenters. The number of hydrogen-bond donors (Lipinski definition) is 1. The van der Waals surface area contributed by atoms with Crippen LogP contribution in [0.5, 0.6) is 0 Å². The van der Waals surface area contributed by atoms with E-state index >= 15 is 0 Å². The summed E-state index contributed by atoms with van der Waals surface area (Å²) >= 11 is 3.00. The van der Waals surface area contributed by atoms with Gasteiger partial charge in [-0.3, -0.25) is 0 Å². The van der Waals surface area contributed by atoms with Crippen LogP contribution in [0.1, 0.15) is 11.3 Å². The number of alkyl halides is 3. The summed E-state index contributed by atoms with van der Waals surface area (Å²) in [6.07, 6.45) is -4.88. The van der Waals surface area contributed by atoms with Gasteiger partial charge in [0.25, 0.3) is 0 Å². The van der Waals surface area contributed by atoms with Gasteiger partial charge in [-0.05, 0) is 35.0 Å². The summed E-state index contributed by atoms with van der Waals surface area (Å²) < 4.78 is 56.4. The minimum absolute atomic E-state index is 0.0420. The lowest BCUT2D eigenvalue weighted by Crippen LogP contribution is -2.24. The number of furan rings is 1. The molecule has 19 heavy (non-hydrogen) atoms. The quantitative estimate of drug-likeness (QED) is 0.362. The summed E-state index contributed by atoms with van der Waals surface area (Å²) in [6.45, 7) is 1.32. The summed E-state index contributed by atoms with van der Waals surface area (Å²) in [5, 5.41) is 10.9. The molecular weight excluding hydrogens is 334 g/mol. The second kappa shape index (κ2) is 4.52.